The Morgan fingerprint density at radius 3 is 1.29 bits per heavy atom. The Morgan fingerprint density at radius 1 is 0.600 bits per heavy atom. The zero-order valence-corrected chi connectivity index (χ0v) is 23.6. The lowest BCUT2D eigenvalue weighted by Crippen LogP contribution is -2.05. The van der Waals surface area contributed by atoms with Gasteiger partial charge in [0, 0.05) is 11.1 Å². The minimum absolute atomic E-state index is 0.258. The van der Waals surface area contributed by atoms with Gasteiger partial charge in [-0.1, -0.05) is 143 Å². The lowest BCUT2D eigenvalue weighted by Gasteiger charge is -2.04. The highest BCUT2D eigenvalue weighted by atomic mass is 16.5. The maximum Gasteiger partial charge on any atom is 0.333 e. The molecule has 0 aliphatic rings. The molecule has 1 N–H and O–H groups in total. The normalized spacial score (nSPS) is 10.4. The molecular formula is C31H58O4. The number of unbranched alkanes of at least 4 members (excludes halogenated alkanes) is 18. The van der Waals surface area contributed by atoms with Gasteiger partial charge in [0.15, 0.2) is 0 Å². The number of carboxylic acids is 1. The van der Waals surface area contributed by atoms with E-state index in [2.05, 4.69) is 27.0 Å². The lowest BCUT2D eigenvalue weighted by atomic mass is 10.0. The second kappa shape index (κ2) is 28.7. The zero-order valence-electron chi connectivity index (χ0n) is 23.6. The molecule has 206 valence electrons. The number of rotatable bonds is 24. The molecule has 4 nitrogen and oxygen atoms in total. The van der Waals surface area contributed by atoms with E-state index >= 15 is 0 Å². The number of carboxylic acid groups (broad SMARTS) is 1. The van der Waals surface area contributed by atoms with Gasteiger partial charge in [-0.25, -0.2) is 9.59 Å². The van der Waals surface area contributed by atoms with Crippen molar-refractivity contribution in [2.45, 2.75) is 156 Å². The standard InChI is InChI=1S/C16H30O2.C15H28O2/c1-4-5-6-7-8-9-10-11-12-13-14-18-16(17)15(2)3;1-3-4-5-6-7-8-9-10-11-12-13-14(2)15(16)17/h2,4-14H2,1,3H3;2-13H2,1H3,(H,16,17). The summed E-state index contributed by atoms with van der Waals surface area (Å²) in [5, 5.41) is 8.63. The third kappa shape index (κ3) is 30.4. The van der Waals surface area contributed by atoms with Crippen molar-refractivity contribution < 1.29 is 19.4 Å². The molecule has 0 rings (SSSR count). The highest BCUT2D eigenvalue weighted by Gasteiger charge is 2.03. The van der Waals surface area contributed by atoms with E-state index in [0.29, 0.717) is 24.2 Å². The van der Waals surface area contributed by atoms with E-state index in [1.165, 1.54) is 109 Å². The molecule has 0 heterocycles. The van der Waals surface area contributed by atoms with E-state index in [0.717, 1.165) is 19.3 Å². The fourth-order valence-corrected chi connectivity index (χ4v) is 3.81. The third-order valence-electron chi connectivity index (χ3n) is 6.21. The van der Waals surface area contributed by atoms with E-state index in [4.69, 9.17) is 9.84 Å². The second-order valence-corrected chi connectivity index (χ2v) is 9.94. The Morgan fingerprint density at radius 2 is 0.943 bits per heavy atom. The van der Waals surface area contributed by atoms with E-state index < -0.39 is 5.97 Å². The van der Waals surface area contributed by atoms with Crippen LogP contribution in [0.5, 0.6) is 0 Å². The predicted molar refractivity (Wildman–Crippen MR) is 151 cm³/mol. The molecule has 0 saturated carbocycles. The summed E-state index contributed by atoms with van der Waals surface area (Å²) in [5.74, 6) is -1.10. The summed E-state index contributed by atoms with van der Waals surface area (Å²) in [4.78, 5) is 21.6. The summed E-state index contributed by atoms with van der Waals surface area (Å²) in [5.41, 5.74) is 0.839. The number of carbonyl (C=O) groups excluding carboxylic acids is 1. The van der Waals surface area contributed by atoms with Crippen LogP contribution < -0.4 is 0 Å². The summed E-state index contributed by atoms with van der Waals surface area (Å²) >= 11 is 0. The molecule has 0 saturated heterocycles. The van der Waals surface area contributed by atoms with E-state index in [1.807, 2.05) is 0 Å². The molecule has 0 aromatic carbocycles. The van der Waals surface area contributed by atoms with Gasteiger partial charge in [0.2, 0.25) is 0 Å². The molecule has 4 heteroatoms. The quantitative estimate of drug-likeness (QED) is 0.0823. The molecule has 0 unspecified atom stereocenters. The zero-order chi connectivity index (χ0) is 26.6. The first-order valence-corrected chi connectivity index (χ1v) is 14.6. The molecule has 0 fully saturated rings. The number of ether oxygens (including phenoxy) is 1. The molecule has 0 radical (unpaired) electrons. The van der Waals surface area contributed by atoms with Crippen molar-refractivity contribution in [1.29, 1.82) is 0 Å². The maximum atomic E-state index is 11.1. The van der Waals surface area contributed by atoms with Crippen LogP contribution in [0.25, 0.3) is 0 Å². The first-order chi connectivity index (χ1) is 16.9. The van der Waals surface area contributed by atoms with Crippen LogP contribution in [0.2, 0.25) is 0 Å². The van der Waals surface area contributed by atoms with Crippen LogP contribution in [0.15, 0.2) is 24.3 Å². The van der Waals surface area contributed by atoms with E-state index in [-0.39, 0.29) is 5.97 Å². The van der Waals surface area contributed by atoms with Gasteiger partial charge in [0.05, 0.1) is 6.61 Å². The van der Waals surface area contributed by atoms with Gasteiger partial charge >= 0.3 is 11.9 Å². The Hall–Kier alpha value is -1.58. The molecule has 0 aromatic heterocycles. The number of carbonyl (C=O) groups is 2. The van der Waals surface area contributed by atoms with Crippen molar-refractivity contribution in [3.05, 3.63) is 24.3 Å². The summed E-state index contributed by atoms with van der Waals surface area (Å²) in [6, 6.07) is 0. The monoisotopic (exact) mass is 494 g/mol. The van der Waals surface area contributed by atoms with E-state index in [9.17, 15) is 9.59 Å². The van der Waals surface area contributed by atoms with Crippen LogP contribution in [0.1, 0.15) is 156 Å². The average molecular weight is 495 g/mol. The number of esters is 1. The summed E-state index contributed by atoms with van der Waals surface area (Å²) < 4.78 is 5.04. The van der Waals surface area contributed by atoms with Crippen LogP contribution in [0.3, 0.4) is 0 Å². The minimum Gasteiger partial charge on any atom is -0.478 e. The van der Waals surface area contributed by atoms with Crippen LogP contribution >= 0.6 is 0 Å². The Balaban J connectivity index is 0. The molecule has 0 amide bonds. The van der Waals surface area contributed by atoms with Crippen LogP contribution in [0.4, 0.5) is 0 Å². The largest absolute Gasteiger partial charge is 0.478 e. The average Bonchev–Trinajstić information content (AvgIpc) is 2.83. The summed E-state index contributed by atoms with van der Waals surface area (Å²) in [7, 11) is 0. The number of hydrogen-bond acceptors (Lipinski definition) is 3. The molecule has 0 spiro atoms. The van der Waals surface area contributed by atoms with Gasteiger partial charge in [0.1, 0.15) is 0 Å². The van der Waals surface area contributed by atoms with Crippen molar-refractivity contribution in [3.63, 3.8) is 0 Å². The van der Waals surface area contributed by atoms with Gasteiger partial charge in [-0.3, -0.25) is 0 Å². The highest BCUT2D eigenvalue weighted by Crippen LogP contribution is 2.13. The second-order valence-electron chi connectivity index (χ2n) is 9.94. The van der Waals surface area contributed by atoms with Crippen molar-refractivity contribution in [1.82, 2.24) is 0 Å². The molecule has 0 bridgehead atoms. The van der Waals surface area contributed by atoms with Crippen molar-refractivity contribution in [3.8, 4) is 0 Å². The van der Waals surface area contributed by atoms with Crippen LogP contribution in [0, 0.1) is 0 Å². The first-order valence-electron chi connectivity index (χ1n) is 14.6. The fourth-order valence-electron chi connectivity index (χ4n) is 3.81. The smallest absolute Gasteiger partial charge is 0.333 e. The Kier molecular flexibility index (Phi) is 29.1. The van der Waals surface area contributed by atoms with Crippen LogP contribution in [-0.2, 0) is 14.3 Å². The first kappa shape index (κ1) is 35.6. The van der Waals surface area contributed by atoms with Gasteiger partial charge in [0.25, 0.3) is 0 Å². The SMILES string of the molecule is C=C(C)C(=O)OCCCCCCCCCCCC.C=C(CCCCCCCCCCCC)C(=O)O. The predicted octanol–water partition coefficient (Wildman–Crippen LogP) is 9.96. The van der Waals surface area contributed by atoms with Gasteiger partial charge in [-0.2, -0.15) is 0 Å². The molecule has 0 aliphatic heterocycles. The minimum atomic E-state index is -0.846. The number of aliphatic carboxylic acids is 1. The Labute approximate surface area is 218 Å². The molecule has 0 aromatic rings. The van der Waals surface area contributed by atoms with Crippen LogP contribution in [-0.4, -0.2) is 23.7 Å². The highest BCUT2D eigenvalue weighted by molar-refractivity contribution is 5.86. The summed E-state index contributed by atoms with van der Waals surface area (Å²) in [6.07, 6.45) is 26.4. The Bertz CT molecular complexity index is 524. The third-order valence-corrected chi connectivity index (χ3v) is 6.21. The van der Waals surface area contributed by atoms with Crippen molar-refractivity contribution in [2.75, 3.05) is 6.61 Å². The van der Waals surface area contributed by atoms with Crippen molar-refractivity contribution in [2.24, 2.45) is 0 Å². The molecule has 0 aliphatic carbocycles. The molecule has 0 atom stereocenters. The summed E-state index contributed by atoms with van der Waals surface area (Å²) in [6.45, 7) is 13.8. The lowest BCUT2D eigenvalue weighted by molar-refractivity contribution is -0.139. The topological polar surface area (TPSA) is 63.6 Å². The maximum absolute atomic E-state index is 11.1. The van der Waals surface area contributed by atoms with Crippen molar-refractivity contribution >= 4 is 11.9 Å². The van der Waals surface area contributed by atoms with E-state index in [1.54, 1.807) is 6.92 Å². The fraction of sp³-hybridized carbons (Fsp3) is 0.806. The van der Waals surface area contributed by atoms with Gasteiger partial charge in [-0.05, 0) is 26.2 Å². The molecular weight excluding hydrogens is 436 g/mol. The number of hydrogen-bond donors (Lipinski definition) is 1. The van der Waals surface area contributed by atoms with Gasteiger partial charge in [-0.15, -0.1) is 0 Å². The molecule has 35 heavy (non-hydrogen) atoms. The van der Waals surface area contributed by atoms with Gasteiger partial charge < -0.3 is 9.84 Å².